The molecule has 4 aromatic heterocycles. The molecule has 11 rings (SSSR count). The number of nitrogens with zero attached hydrogens (tertiary/aromatic N) is 13. The van der Waals surface area contributed by atoms with Gasteiger partial charge in [-0.05, 0) is 173 Å². The first-order valence-electron chi connectivity index (χ1n) is 35.4. The second-order valence-electron chi connectivity index (χ2n) is 29.9. The van der Waals surface area contributed by atoms with E-state index in [1.807, 2.05) is 0 Å². The molecule has 118 heavy (non-hydrogen) atoms. The first-order chi connectivity index (χ1) is 55.1. The Labute approximate surface area is 686 Å². The van der Waals surface area contributed by atoms with Gasteiger partial charge >= 0.3 is 56.7 Å². The first kappa shape index (κ1) is 93.5. The quantitative estimate of drug-likeness (QED) is 0.0256. The lowest BCUT2D eigenvalue weighted by atomic mass is 10.0. The Bertz CT molecular complexity index is 4790. The van der Waals surface area contributed by atoms with E-state index in [1.54, 1.807) is 100 Å². The predicted octanol–water partition coefficient (Wildman–Crippen LogP) is 17.2. The largest absolute Gasteiger partial charge is 0.448 e. The molecule has 0 radical (unpaired) electrons. The van der Waals surface area contributed by atoms with Gasteiger partial charge in [-0.2, -0.15) is 74.2 Å². The van der Waals surface area contributed by atoms with E-state index >= 15 is 0 Å². The summed E-state index contributed by atoms with van der Waals surface area (Å²) < 4.78 is 191. The number of halogens is 16. The number of alkyl halides is 12. The molecule has 0 spiro atoms. The number of nitrogens with one attached hydrogen (secondary N) is 4. The number of ether oxygens (including phenoxy) is 6. The van der Waals surface area contributed by atoms with Crippen LogP contribution in [-0.4, -0.2) is 172 Å². The maximum absolute atomic E-state index is 13.3. The molecule has 46 heteroatoms. The Balaban J connectivity index is 0.000000197. The van der Waals surface area contributed by atoms with Crippen LogP contribution in [0, 0.1) is 0 Å². The topological polar surface area (TPSA) is 361 Å². The van der Waals surface area contributed by atoms with Crippen LogP contribution in [0.15, 0.2) is 98.1 Å². The molecule has 644 valence electrons. The standard InChI is InChI=1S/C21H24ClF4N5O4.C19H23ClF2N4O3.C16H16ClF4N5O2.C16H19ClF2N4O3/c1-20(2,3)35-18(32)29-14(9-34-19(33)30-21(6-7-21)16(23)24)11-4-5-13(22)12(8-11)15-27-10-28-31(15)17(25)26;1-18(2,3)29-17(27)25-14(9-28-19(25,4)5)11-6-7-13(20)12(8-11)15-23-10-24-26(15)16(21)22;17-10-2-1-8(5-9(10)12-23-7-24-26(12)14(20)21)11(22)6-28-15(27)25-16(3-4-16)13(18)19;1-16(2,3)26-15(25)22-12(7-24)9-4-5-11(17)10(6-9)13-20-8-21-23(13)14(18)19/h4-5,8,10,14,16-17H,6-7,9H2,1-3H3,(H,29,32)(H,30,33);6-8,10,14,16H,9H2,1-5H3;1-2,5,7,11,13-14H,3-4,6,22H2,(H,25,27);4-6,8,12,14,24H,7H2,1-3H3,(H,22,25)/t2*14-;11-;12-/m1111/s1. The molecule has 8 aromatic rings. The molecule has 2 aliphatic carbocycles. The molecule has 5 amide bonds. The van der Waals surface area contributed by atoms with Crippen LogP contribution < -0.4 is 27.0 Å². The fourth-order valence-corrected chi connectivity index (χ4v) is 11.9. The van der Waals surface area contributed by atoms with Gasteiger partial charge in [0.1, 0.15) is 72.1 Å². The molecule has 0 unspecified atom stereocenters. The van der Waals surface area contributed by atoms with Crippen molar-refractivity contribution in [3.05, 3.63) is 140 Å². The fraction of sp³-hybridized carbons (Fsp3) is 0.486. The van der Waals surface area contributed by atoms with Gasteiger partial charge in [0, 0.05) is 22.3 Å². The molecule has 1 saturated heterocycles. The number of aromatic nitrogens is 12. The van der Waals surface area contributed by atoms with Crippen LogP contribution in [-0.2, 0) is 28.4 Å². The van der Waals surface area contributed by atoms with E-state index in [0.717, 1.165) is 25.3 Å². The molecule has 5 heterocycles. The average molecular weight is 1760 g/mol. The van der Waals surface area contributed by atoms with Crippen molar-refractivity contribution in [1.29, 1.82) is 0 Å². The van der Waals surface area contributed by atoms with Crippen molar-refractivity contribution in [2.24, 2.45) is 5.73 Å². The van der Waals surface area contributed by atoms with E-state index in [9.17, 15) is 81.8 Å². The van der Waals surface area contributed by atoms with Crippen molar-refractivity contribution in [1.82, 2.24) is 85.2 Å². The van der Waals surface area contributed by atoms with Gasteiger partial charge in [-0.25, -0.2) is 61.5 Å². The molecular weight excluding hydrogens is 1680 g/mol. The smallest absolute Gasteiger partial charge is 0.413 e. The van der Waals surface area contributed by atoms with Gasteiger partial charge in [0.15, 0.2) is 23.3 Å². The molecule has 2 saturated carbocycles. The van der Waals surface area contributed by atoms with Crippen molar-refractivity contribution in [3.63, 3.8) is 0 Å². The Kier molecular flexibility index (Phi) is 30.7. The summed E-state index contributed by atoms with van der Waals surface area (Å²) in [6, 6.07) is 14.9. The minimum atomic E-state index is -2.99. The fourth-order valence-electron chi connectivity index (χ4n) is 11.1. The lowest BCUT2D eigenvalue weighted by Gasteiger charge is -2.35. The Morgan fingerprint density at radius 3 is 1.17 bits per heavy atom. The summed E-state index contributed by atoms with van der Waals surface area (Å²) in [4.78, 5) is 77.9. The summed E-state index contributed by atoms with van der Waals surface area (Å²) in [5.74, 6) is -0.566. The second-order valence-corrected chi connectivity index (χ2v) is 31.5. The van der Waals surface area contributed by atoms with Crippen molar-refractivity contribution in [2.45, 2.75) is 199 Å². The number of rotatable bonds is 23. The number of carbonyl (C=O) groups excluding carboxylic acids is 5. The van der Waals surface area contributed by atoms with Crippen LogP contribution in [0.4, 0.5) is 76.7 Å². The Morgan fingerprint density at radius 2 is 0.822 bits per heavy atom. The van der Waals surface area contributed by atoms with E-state index in [1.165, 1.54) is 53.4 Å². The zero-order valence-corrected chi connectivity index (χ0v) is 67.6. The number of aliphatic hydroxyl groups excluding tert-OH is 1. The van der Waals surface area contributed by atoms with Gasteiger partial charge in [-0.3, -0.25) is 4.90 Å². The average Bonchev–Trinajstić information content (AvgIpc) is 1.61. The first-order valence-corrected chi connectivity index (χ1v) is 37.0. The van der Waals surface area contributed by atoms with Crippen LogP contribution >= 0.6 is 46.4 Å². The summed E-state index contributed by atoms with van der Waals surface area (Å²) in [7, 11) is 0. The number of hydrogen-bond acceptors (Lipinski definition) is 21. The van der Waals surface area contributed by atoms with Crippen LogP contribution in [0.3, 0.4) is 0 Å². The van der Waals surface area contributed by atoms with Gasteiger partial charge < -0.3 is 60.5 Å². The highest BCUT2D eigenvalue weighted by Crippen LogP contribution is 2.44. The summed E-state index contributed by atoms with van der Waals surface area (Å²) >= 11 is 24.6. The van der Waals surface area contributed by atoms with E-state index in [2.05, 4.69) is 61.6 Å². The van der Waals surface area contributed by atoms with Gasteiger partial charge in [0.2, 0.25) is 0 Å². The van der Waals surface area contributed by atoms with Crippen molar-refractivity contribution < 1.29 is 110 Å². The maximum Gasteiger partial charge on any atom is 0.413 e. The molecule has 3 fully saturated rings. The summed E-state index contributed by atoms with van der Waals surface area (Å²) in [6.45, 7) is 6.26. The van der Waals surface area contributed by atoms with Gasteiger partial charge in [-0.15, -0.1) is 0 Å². The third kappa shape index (κ3) is 24.8. The number of carbonyl (C=O) groups is 5. The second kappa shape index (κ2) is 38.8. The normalized spacial score (nSPS) is 16.0. The monoisotopic (exact) mass is 1760 g/mol. The van der Waals surface area contributed by atoms with Crippen LogP contribution in [0.2, 0.25) is 20.1 Å². The van der Waals surface area contributed by atoms with Crippen LogP contribution in [0.5, 0.6) is 0 Å². The van der Waals surface area contributed by atoms with Crippen molar-refractivity contribution >= 4 is 76.9 Å². The van der Waals surface area contributed by atoms with Crippen LogP contribution in [0.25, 0.3) is 45.6 Å². The minimum absolute atomic E-state index is 0.0613. The summed E-state index contributed by atoms with van der Waals surface area (Å²) in [5, 5.41) is 33.5. The number of alkyl carbamates (subject to hydrolysis) is 4. The van der Waals surface area contributed by atoms with E-state index < -0.39 is 141 Å². The summed E-state index contributed by atoms with van der Waals surface area (Å²) in [6.07, 6.45) is -5.11. The number of benzene rings is 4. The van der Waals surface area contributed by atoms with Crippen molar-refractivity contribution in [2.75, 3.05) is 26.4 Å². The molecule has 4 atom stereocenters. The van der Waals surface area contributed by atoms with E-state index in [-0.39, 0.29) is 105 Å². The molecular formula is C72H82Cl4F12N18O12. The van der Waals surface area contributed by atoms with Gasteiger partial charge in [0.05, 0.1) is 57.5 Å². The highest BCUT2D eigenvalue weighted by molar-refractivity contribution is 6.34. The Hall–Kier alpha value is -10.0. The maximum atomic E-state index is 13.3. The number of aliphatic hydroxyl groups is 1. The zero-order chi connectivity index (χ0) is 87.5. The number of nitrogens with two attached hydrogens (primary N) is 1. The van der Waals surface area contributed by atoms with Gasteiger partial charge in [0.25, 0.3) is 12.9 Å². The predicted molar refractivity (Wildman–Crippen MR) is 401 cm³/mol. The van der Waals surface area contributed by atoms with Crippen LogP contribution in [0.1, 0.15) is 174 Å². The molecule has 0 bridgehead atoms. The van der Waals surface area contributed by atoms with E-state index in [4.69, 9.17) is 80.6 Å². The third-order valence-corrected chi connectivity index (χ3v) is 18.4. The zero-order valence-electron chi connectivity index (χ0n) is 64.5. The molecule has 1 aliphatic heterocycles. The molecule has 7 N–H and O–H groups in total. The number of amides is 5. The SMILES string of the molecule is CC(C)(C)OC(=O)N1[C@@H](c2ccc(Cl)c(-c3ncnn3C(F)F)c2)COC1(C)C.CC(C)(C)OC(=O)N[C@H](CO)c1ccc(Cl)c(-c2ncnn2C(F)F)c1.CC(C)(C)OC(=O)N[C@H](COC(=O)NC1(C(F)F)CC1)c1ccc(Cl)c(-c2ncnn2C(F)F)c1.N[C@H](COC(=O)NC1(C(F)F)CC1)c1ccc(Cl)c(-c2ncnn2C(F)F)c1. The lowest BCUT2D eigenvalue weighted by molar-refractivity contribution is -0.0626. The highest BCUT2D eigenvalue weighted by atomic mass is 35.5. The molecule has 3 aliphatic rings. The molecule has 30 nitrogen and oxygen atoms in total. The van der Waals surface area contributed by atoms with Crippen molar-refractivity contribution in [3.8, 4) is 45.6 Å². The van der Waals surface area contributed by atoms with Gasteiger partial charge in [-0.1, -0.05) is 70.7 Å². The minimum Gasteiger partial charge on any atom is -0.448 e. The lowest BCUT2D eigenvalue weighted by Crippen LogP contribution is -2.47. The van der Waals surface area contributed by atoms with E-state index in [0.29, 0.717) is 41.0 Å². The Morgan fingerprint density at radius 1 is 0.492 bits per heavy atom. The third-order valence-electron chi connectivity index (χ3n) is 17.1. The molecule has 4 aromatic carbocycles. The number of hydrogen-bond donors (Lipinski definition) is 6. The summed E-state index contributed by atoms with van der Waals surface area (Å²) in [5.41, 5.74) is 2.25. The highest BCUT2D eigenvalue weighted by Gasteiger charge is 2.54.